The Balaban J connectivity index is 2.15. The molecule has 0 saturated carbocycles. The van der Waals surface area contributed by atoms with Crippen LogP contribution in [-0.2, 0) is 6.54 Å². The van der Waals surface area contributed by atoms with Gasteiger partial charge in [0.1, 0.15) is 23.6 Å². The summed E-state index contributed by atoms with van der Waals surface area (Å²) in [6.07, 6.45) is 4.55. The van der Waals surface area contributed by atoms with Crippen molar-refractivity contribution in [2.24, 2.45) is 0 Å². The van der Waals surface area contributed by atoms with Gasteiger partial charge in [0, 0.05) is 29.0 Å². The van der Waals surface area contributed by atoms with Gasteiger partial charge in [0.2, 0.25) is 0 Å². The van der Waals surface area contributed by atoms with Crippen LogP contribution in [0.15, 0.2) is 35.3 Å². The number of nitrogens with one attached hydrogen (secondary N) is 1. The smallest absolute Gasteiger partial charge is 0.150 e. The molecular formula is C11H8BrF2N3. The van der Waals surface area contributed by atoms with Gasteiger partial charge in [-0.1, -0.05) is 15.9 Å². The molecule has 0 bridgehead atoms. The zero-order valence-corrected chi connectivity index (χ0v) is 10.2. The topological polar surface area (TPSA) is 37.8 Å². The molecule has 0 unspecified atom stereocenters. The van der Waals surface area contributed by atoms with E-state index in [-0.39, 0.29) is 12.2 Å². The van der Waals surface area contributed by atoms with Gasteiger partial charge in [-0.2, -0.15) is 0 Å². The highest BCUT2D eigenvalue weighted by Crippen LogP contribution is 2.24. The summed E-state index contributed by atoms with van der Waals surface area (Å²) in [6, 6.07) is 2.40. The summed E-state index contributed by atoms with van der Waals surface area (Å²) >= 11 is 3.02. The van der Waals surface area contributed by atoms with Crippen LogP contribution in [0.2, 0.25) is 0 Å². The van der Waals surface area contributed by atoms with Gasteiger partial charge in [0.05, 0.1) is 0 Å². The van der Waals surface area contributed by atoms with Crippen molar-refractivity contribution in [3.05, 3.63) is 52.5 Å². The van der Waals surface area contributed by atoms with E-state index in [4.69, 9.17) is 0 Å². The number of nitrogens with zero attached hydrogens (tertiary/aromatic N) is 2. The average molecular weight is 300 g/mol. The minimum Gasteiger partial charge on any atom is -0.376 e. The number of rotatable bonds is 3. The predicted molar refractivity (Wildman–Crippen MR) is 63.4 cm³/mol. The molecule has 2 rings (SSSR count). The molecule has 0 atom stereocenters. The van der Waals surface area contributed by atoms with Gasteiger partial charge in [-0.25, -0.2) is 18.7 Å². The zero-order valence-electron chi connectivity index (χ0n) is 8.62. The SMILES string of the molecule is Fc1cc(Br)cc(F)c1NCc1cncnc1. The van der Waals surface area contributed by atoms with Crippen molar-refractivity contribution in [2.75, 3.05) is 5.32 Å². The van der Waals surface area contributed by atoms with E-state index in [0.717, 1.165) is 5.56 Å². The van der Waals surface area contributed by atoms with Gasteiger partial charge >= 0.3 is 0 Å². The molecule has 2 aromatic rings. The van der Waals surface area contributed by atoms with E-state index in [1.807, 2.05) is 0 Å². The van der Waals surface area contributed by atoms with Crippen molar-refractivity contribution >= 4 is 21.6 Å². The van der Waals surface area contributed by atoms with Crippen LogP contribution in [0.1, 0.15) is 5.56 Å². The minimum atomic E-state index is -0.645. The Morgan fingerprint density at radius 1 is 1.12 bits per heavy atom. The third kappa shape index (κ3) is 2.97. The molecule has 17 heavy (non-hydrogen) atoms. The largest absolute Gasteiger partial charge is 0.376 e. The predicted octanol–water partition coefficient (Wildman–Crippen LogP) is 3.13. The maximum atomic E-state index is 13.5. The Morgan fingerprint density at radius 2 is 1.71 bits per heavy atom. The van der Waals surface area contributed by atoms with Gasteiger partial charge in [-0.05, 0) is 12.1 Å². The quantitative estimate of drug-likeness (QED) is 0.946. The molecule has 1 heterocycles. The molecule has 0 saturated heterocycles. The first-order chi connectivity index (χ1) is 8.16. The van der Waals surface area contributed by atoms with Crippen LogP contribution in [0, 0.1) is 11.6 Å². The second kappa shape index (κ2) is 5.18. The molecule has 0 radical (unpaired) electrons. The van der Waals surface area contributed by atoms with Gasteiger partial charge in [0.15, 0.2) is 0 Å². The number of anilines is 1. The van der Waals surface area contributed by atoms with E-state index in [9.17, 15) is 8.78 Å². The fourth-order valence-corrected chi connectivity index (χ4v) is 1.72. The first kappa shape index (κ1) is 11.9. The van der Waals surface area contributed by atoms with Crippen LogP contribution >= 0.6 is 15.9 Å². The fraction of sp³-hybridized carbons (Fsp3) is 0.0909. The number of hydrogen-bond acceptors (Lipinski definition) is 3. The highest BCUT2D eigenvalue weighted by Gasteiger charge is 2.09. The third-order valence-electron chi connectivity index (χ3n) is 2.09. The number of aromatic nitrogens is 2. The summed E-state index contributed by atoms with van der Waals surface area (Å²) < 4.78 is 27.3. The third-order valence-corrected chi connectivity index (χ3v) is 2.55. The molecule has 0 aliphatic heterocycles. The summed E-state index contributed by atoms with van der Waals surface area (Å²) in [7, 11) is 0. The molecule has 1 N–H and O–H groups in total. The number of hydrogen-bond donors (Lipinski definition) is 1. The standard InChI is InChI=1S/C11H8BrF2N3/c12-8-1-9(13)11(10(14)2-8)17-5-7-3-15-6-16-4-7/h1-4,6,17H,5H2. The second-order valence-corrected chi connectivity index (χ2v) is 4.26. The maximum absolute atomic E-state index is 13.5. The van der Waals surface area contributed by atoms with Crippen molar-refractivity contribution in [1.29, 1.82) is 0 Å². The van der Waals surface area contributed by atoms with Crippen LogP contribution in [-0.4, -0.2) is 9.97 Å². The summed E-state index contributed by atoms with van der Waals surface area (Å²) in [5.41, 5.74) is 0.589. The van der Waals surface area contributed by atoms with E-state index >= 15 is 0 Å². The van der Waals surface area contributed by atoms with Crippen LogP contribution in [0.5, 0.6) is 0 Å². The van der Waals surface area contributed by atoms with Crippen LogP contribution in [0.3, 0.4) is 0 Å². The molecule has 1 aromatic heterocycles. The van der Waals surface area contributed by atoms with Crippen molar-refractivity contribution in [2.45, 2.75) is 6.54 Å². The van der Waals surface area contributed by atoms with Crippen molar-refractivity contribution in [3.8, 4) is 0 Å². The lowest BCUT2D eigenvalue weighted by Gasteiger charge is -2.08. The van der Waals surface area contributed by atoms with E-state index in [2.05, 4.69) is 31.2 Å². The number of benzene rings is 1. The second-order valence-electron chi connectivity index (χ2n) is 3.34. The Morgan fingerprint density at radius 3 is 2.29 bits per heavy atom. The molecular weight excluding hydrogens is 292 g/mol. The molecule has 3 nitrogen and oxygen atoms in total. The van der Waals surface area contributed by atoms with E-state index in [0.29, 0.717) is 4.47 Å². The lowest BCUT2D eigenvalue weighted by Crippen LogP contribution is -2.04. The summed E-state index contributed by atoms with van der Waals surface area (Å²) in [4.78, 5) is 7.62. The molecule has 0 aliphatic rings. The molecule has 0 fully saturated rings. The maximum Gasteiger partial charge on any atom is 0.150 e. The van der Waals surface area contributed by atoms with Gasteiger partial charge in [0.25, 0.3) is 0 Å². The highest BCUT2D eigenvalue weighted by atomic mass is 79.9. The van der Waals surface area contributed by atoms with Crippen LogP contribution in [0.25, 0.3) is 0 Å². The first-order valence-electron chi connectivity index (χ1n) is 4.79. The Hall–Kier alpha value is -1.56. The highest BCUT2D eigenvalue weighted by molar-refractivity contribution is 9.10. The number of halogens is 3. The van der Waals surface area contributed by atoms with Crippen molar-refractivity contribution in [1.82, 2.24) is 9.97 Å². The molecule has 0 aliphatic carbocycles. The summed E-state index contributed by atoms with van der Waals surface area (Å²) in [6.45, 7) is 0.260. The van der Waals surface area contributed by atoms with Gasteiger partial charge in [-0.15, -0.1) is 0 Å². The van der Waals surface area contributed by atoms with Crippen molar-refractivity contribution < 1.29 is 8.78 Å². The molecule has 88 valence electrons. The summed E-state index contributed by atoms with van der Waals surface area (Å²) in [5, 5.41) is 2.67. The van der Waals surface area contributed by atoms with Gasteiger partial charge < -0.3 is 5.32 Å². The fourth-order valence-electron chi connectivity index (χ4n) is 1.32. The normalized spacial score (nSPS) is 10.3. The Labute approximate surface area is 105 Å². The molecule has 0 spiro atoms. The van der Waals surface area contributed by atoms with E-state index < -0.39 is 11.6 Å². The zero-order chi connectivity index (χ0) is 12.3. The minimum absolute atomic E-state index is 0.156. The molecule has 0 amide bonds. The lowest BCUT2D eigenvalue weighted by molar-refractivity contribution is 0.586. The van der Waals surface area contributed by atoms with Crippen LogP contribution in [0.4, 0.5) is 14.5 Å². The molecule has 6 heteroatoms. The van der Waals surface area contributed by atoms with Crippen LogP contribution < -0.4 is 5.32 Å². The monoisotopic (exact) mass is 299 g/mol. The van der Waals surface area contributed by atoms with E-state index in [1.54, 1.807) is 12.4 Å². The summed E-state index contributed by atoms with van der Waals surface area (Å²) in [5.74, 6) is -1.29. The average Bonchev–Trinajstić information content (AvgIpc) is 2.29. The molecule has 1 aromatic carbocycles. The lowest BCUT2D eigenvalue weighted by atomic mass is 10.2. The van der Waals surface area contributed by atoms with Gasteiger partial charge in [-0.3, -0.25) is 0 Å². The first-order valence-corrected chi connectivity index (χ1v) is 5.58. The van der Waals surface area contributed by atoms with E-state index in [1.165, 1.54) is 18.5 Å². The Bertz CT molecular complexity index is 496. The Kier molecular flexibility index (Phi) is 3.63. The van der Waals surface area contributed by atoms with Crippen molar-refractivity contribution in [3.63, 3.8) is 0 Å².